The van der Waals surface area contributed by atoms with Crippen LogP contribution in [0.5, 0.6) is 0 Å². The number of nitrogens with zero attached hydrogens (tertiary/aromatic N) is 2. The second kappa shape index (κ2) is 9.60. The van der Waals surface area contributed by atoms with E-state index in [2.05, 4.69) is 58.3 Å². The summed E-state index contributed by atoms with van der Waals surface area (Å²) in [5, 5.41) is 0. The van der Waals surface area contributed by atoms with Gasteiger partial charge in [0.25, 0.3) is 0 Å². The minimum Gasteiger partial charge on any atom is -0.369 e. The zero-order valence-corrected chi connectivity index (χ0v) is 14.2. The molecule has 0 fully saturated rings. The van der Waals surface area contributed by atoms with Crippen LogP contribution in [0, 0.1) is 0 Å². The Kier molecular flexibility index (Phi) is 7.41. The fourth-order valence-electron chi connectivity index (χ4n) is 2.46. The topological polar surface area (TPSA) is 6.48 Å². The Balaban J connectivity index is 2.03. The molecule has 0 amide bonds. The second-order valence-corrected chi connectivity index (χ2v) is 5.78. The summed E-state index contributed by atoms with van der Waals surface area (Å²) in [6.07, 6.45) is 0. The minimum atomic E-state index is 0.621. The second-order valence-electron chi connectivity index (χ2n) is 5.02. The van der Waals surface area contributed by atoms with Gasteiger partial charge in [-0.15, -0.1) is 23.2 Å². The summed E-state index contributed by atoms with van der Waals surface area (Å²) in [5.74, 6) is 1.24. The molecule has 2 aromatic carbocycles. The molecule has 0 unspecified atom stereocenters. The molecule has 0 aromatic heterocycles. The van der Waals surface area contributed by atoms with Crippen molar-refractivity contribution in [1.29, 1.82) is 0 Å². The highest BCUT2D eigenvalue weighted by molar-refractivity contribution is 6.18. The van der Waals surface area contributed by atoms with E-state index in [1.165, 1.54) is 11.4 Å². The smallest absolute Gasteiger partial charge is 0.0399 e. The Morgan fingerprint density at radius 3 is 1.23 bits per heavy atom. The lowest BCUT2D eigenvalue weighted by molar-refractivity contribution is 0.757. The van der Waals surface area contributed by atoms with Crippen LogP contribution in [0.2, 0.25) is 0 Å². The number of halogens is 2. The Morgan fingerprint density at radius 1 is 0.545 bits per heavy atom. The number of hydrogen-bond donors (Lipinski definition) is 0. The highest BCUT2D eigenvalue weighted by Crippen LogP contribution is 2.16. The molecule has 0 N–H and O–H groups in total. The molecular formula is C18H22Cl2N2. The molecule has 2 aromatic rings. The molecule has 0 aliphatic carbocycles. The number of para-hydroxylation sites is 2. The van der Waals surface area contributed by atoms with Gasteiger partial charge in [0, 0.05) is 49.3 Å². The zero-order valence-electron chi connectivity index (χ0n) is 12.7. The first-order valence-corrected chi connectivity index (χ1v) is 8.64. The molecular weight excluding hydrogens is 315 g/mol. The molecule has 2 rings (SSSR count). The first kappa shape index (κ1) is 17.0. The van der Waals surface area contributed by atoms with Gasteiger partial charge in [0.05, 0.1) is 0 Å². The van der Waals surface area contributed by atoms with E-state index in [0.29, 0.717) is 11.8 Å². The molecule has 0 spiro atoms. The van der Waals surface area contributed by atoms with Crippen LogP contribution in [0.1, 0.15) is 0 Å². The molecule has 118 valence electrons. The highest BCUT2D eigenvalue weighted by atomic mass is 35.5. The van der Waals surface area contributed by atoms with E-state index >= 15 is 0 Å². The summed E-state index contributed by atoms with van der Waals surface area (Å²) in [6, 6.07) is 20.8. The van der Waals surface area contributed by atoms with Crippen molar-refractivity contribution in [1.82, 2.24) is 0 Å². The Labute approximate surface area is 143 Å². The normalized spacial score (nSPS) is 10.5. The largest absolute Gasteiger partial charge is 0.369 e. The van der Waals surface area contributed by atoms with Gasteiger partial charge in [-0.05, 0) is 24.3 Å². The summed E-state index contributed by atoms with van der Waals surface area (Å²) in [6.45, 7) is 3.52. The van der Waals surface area contributed by atoms with Crippen molar-refractivity contribution < 1.29 is 0 Å². The number of anilines is 2. The van der Waals surface area contributed by atoms with Gasteiger partial charge in [-0.2, -0.15) is 0 Å². The van der Waals surface area contributed by atoms with Crippen LogP contribution in [0.15, 0.2) is 60.7 Å². The van der Waals surface area contributed by atoms with Crippen LogP contribution in [-0.2, 0) is 0 Å². The van der Waals surface area contributed by atoms with E-state index in [0.717, 1.165) is 26.2 Å². The lowest BCUT2D eigenvalue weighted by Gasteiger charge is -2.30. The maximum absolute atomic E-state index is 5.96. The Morgan fingerprint density at radius 2 is 0.909 bits per heavy atom. The molecule has 0 atom stereocenters. The van der Waals surface area contributed by atoms with Gasteiger partial charge in [0.15, 0.2) is 0 Å². The molecule has 2 nitrogen and oxygen atoms in total. The third-order valence-corrected chi connectivity index (χ3v) is 3.93. The van der Waals surface area contributed by atoms with Crippen molar-refractivity contribution in [2.24, 2.45) is 0 Å². The summed E-state index contributed by atoms with van der Waals surface area (Å²) in [4.78, 5) is 4.63. The van der Waals surface area contributed by atoms with Crippen molar-refractivity contribution >= 4 is 34.6 Å². The zero-order chi connectivity index (χ0) is 15.6. The number of benzene rings is 2. The van der Waals surface area contributed by atoms with Crippen LogP contribution < -0.4 is 9.80 Å². The number of rotatable bonds is 9. The molecule has 0 heterocycles. The van der Waals surface area contributed by atoms with Crippen LogP contribution in [0.3, 0.4) is 0 Å². The third kappa shape index (κ3) is 5.11. The summed E-state index contributed by atoms with van der Waals surface area (Å²) in [7, 11) is 0. The van der Waals surface area contributed by atoms with Crippen molar-refractivity contribution in [3.63, 3.8) is 0 Å². The van der Waals surface area contributed by atoms with Crippen LogP contribution >= 0.6 is 23.2 Å². The van der Waals surface area contributed by atoms with Gasteiger partial charge >= 0.3 is 0 Å². The van der Waals surface area contributed by atoms with E-state index in [-0.39, 0.29) is 0 Å². The molecule has 0 saturated heterocycles. The van der Waals surface area contributed by atoms with E-state index in [4.69, 9.17) is 23.2 Å². The SMILES string of the molecule is ClCCN(CCN(CCCl)c1ccccc1)c1ccccc1. The van der Waals surface area contributed by atoms with Crippen molar-refractivity contribution in [3.8, 4) is 0 Å². The minimum absolute atomic E-state index is 0.621. The number of hydrogen-bond acceptors (Lipinski definition) is 2. The standard InChI is InChI=1S/C18H22Cl2N2/c19-11-13-21(17-7-3-1-4-8-17)15-16-22(14-12-20)18-9-5-2-6-10-18/h1-10H,11-16H2. The predicted octanol–water partition coefficient (Wildman–Crippen LogP) is 4.48. The molecule has 22 heavy (non-hydrogen) atoms. The van der Waals surface area contributed by atoms with Gasteiger partial charge in [0.1, 0.15) is 0 Å². The fraction of sp³-hybridized carbons (Fsp3) is 0.333. The molecule has 0 saturated carbocycles. The van der Waals surface area contributed by atoms with Crippen molar-refractivity contribution in [2.75, 3.05) is 47.7 Å². The molecule has 0 bridgehead atoms. The van der Waals surface area contributed by atoms with E-state index < -0.39 is 0 Å². The van der Waals surface area contributed by atoms with E-state index in [1.54, 1.807) is 0 Å². The van der Waals surface area contributed by atoms with Crippen molar-refractivity contribution in [2.45, 2.75) is 0 Å². The van der Waals surface area contributed by atoms with Crippen molar-refractivity contribution in [3.05, 3.63) is 60.7 Å². The monoisotopic (exact) mass is 336 g/mol. The lowest BCUT2D eigenvalue weighted by atomic mass is 10.2. The lowest BCUT2D eigenvalue weighted by Crippen LogP contribution is -2.37. The molecule has 4 heteroatoms. The summed E-state index contributed by atoms with van der Waals surface area (Å²) < 4.78 is 0. The first-order chi connectivity index (χ1) is 10.8. The fourth-order valence-corrected chi connectivity index (χ4v) is 2.87. The van der Waals surface area contributed by atoms with Crippen LogP contribution in [-0.4, -0.2) is 37.9 Å². The van der Waals surface area contributed by atoms with Gasteiger partial charge in [0.2, 0.25) is 0 Å². The molecule has 0 aliphatic rings. The summed E-state index contributed by atoms with van der Waals surface area (Å²) in [5.41, 5.74) is 2.42. The number of alkyl halides is 2. The third-order valence-electron chi connectivity index (χ3n) is 3.59. The maximum Gasteiger partial charge on any atom is 0.0399 e. The van der Waals surface area contributed by atoms with Gasteiger partial charge in [-0.3, -0.25) is 0 Å². The van der Waals surface area contributed by atoms with Crippen LogP contribution in [0.25, 0.3) is 0 Å². The predicted molar refractivity (Wildman–Crippen MR) is 98.8 cm³/mol. The molecule has 0 aliphatic heterocycles. The van der Waals surface area contributed by atoms with E-state index in [9.17, 15) is 0 Å². The first-order valence-electron chi connectivity index (χ1n) is 7.57. The van der Waals surface area contributed by atoms with Gasteiger partial charge < -0.3 is 9.80 Å². The van der Waals surface area contributed by atoms with Crippen LogP contribution in [0.4, 0.5) is 11.4 Å². The highest BCUT2D eigenvalue weighted by Gasteiger charge is 2.10. The Bertz CT molecular complexity index is 470. The molecule has 0 radical (unpaired) electrons. The van der Waals surface area contributed by atoms with E-state index in [1.807, 2.05) is 12.1 Å². The Hall–Kier alpha value is -1.38. The maximum atomic E-state index is 5.96. The summed E-state index contributed by atoms with van der Waals surface area (Å²) >= 11 is 11.9. The van der Waals surface area contributed by atoms with Gasteiger partial charge in [-0.25, -0.2) is 0 Å². The van der Waals surface area contributed by atoms with Gasteiger partial charge in [-0.1, -0.05) is 36.4 Å². The average Bonchev–Trinajstić information content (AvgIpc) is 2.59. The average molecular weight is 337 g/mol. The quantitative estimate of drug-likeness (QED) is 0.623.